The highest BCUT2D eigenvalue weighted by Crippen LogP contribution is 2.20. The normalized spacial score (nSPS) is 12.3. The fraction of sp³-hybridized carbons (Fsp3) is 0.206. The van der Waals surface area contributed by atoms with Gasteiger partial charge >= 0.3 is 17.9 Å². The Bertz CT molecular complexity index is 1790. The number of aromatic nitrogens is 2. The second-order valence-corrected chi connectivity index (χ2v) is 11.0. The number of carbonyl (C=O) groups is 5. The summed E-state index contributed by atoms with van der Waals surface area (Å²) in [6, 6.07) is 22.9. The van der Waals surface area contributed by atoms with Gasteiger partial charge in [0.1, 0.15) is 0 Å². The first-order valence-corrected chi connectivity index (χ1v) is 15.1. The third kappa shape index (κ3) is 10.6. The van der Waals surface area contributed by atoms with E-state index in [1.807, 2.05) is 25.1 Å². The predicted molar refractivity (Wildman–Crippen MR) is 181 cm³/mol. The van der Waals surface area contributed by atoms with Gasteiger partial charge in [-0.3, -0.25) is 14.4 Å². The van der Waals surface area contributed by atoms with Gasteiger partial charge in [-0.1, -0.05) is 84.4 Å². The lowest BCUT2D eigenvalue weighted by molar-refractivity contribution is -0.157. The minimum atomic E-state index is -2.15. The molecule has 0 aliphatic heterocycles. The van der Waals surface area contributed by atoms with Crippen LogP contribution < -0.4 is 22.5 Å². The molecule has 0 bridgehead atoms. The molecule has 0 saturated carbocycles. The van der Waals surface area contributed by atoms with Crippen LogP contribution in [0.4, 0.5) is 11.6 Å². The maximum atomic E-state index is 12.4. The molecule has 0 unspecified atom stereocenters. The van der Waals surface area contributed by atoms with Gasteiger partial charge in [0, 0.05) is 12.1 Å². The van der Waals surface area contributed by atoms with Gasteiger partial charge in [0.2, 0.25) is 6.10 Å². The molecular formula is C34H35ClN6O8. The van der Waals surface area contributed by atoms with E-state index in [0.717, 1.165) is 6.42 Å². The largest absolute Gasteiger partial charge is 0.481 e. The standard InChI is InChI=1S/C18H14O7.C16H21ClN6O/c19-14(11-7-3-1-4-8-11)13(16(20)21)15(17(22)23)25-18(24)12-9-5-2-6-10-12;1-9-4-2-3-5-11(9)6-10(7-18)8-21-16(24)12-14(19)23-15(20)13(17)22-12/h1-10,13,15H,(H,20,21)(H,22,23);2-5,10H,6-8,18H2,1H3,(H,21,24)(H4,19,20,23)/t13-,15-;10-/m01/s1. The zero-order valence-electron chi connectivity index (χ0n) is 26.3. The fourth-order valence-electron chi connectivity index (χ4n) is 4.50. The van der Waals surface area contributed by atoms with Crippen LogP contribution in [0.25, 0.3) is 0 Å². The van der Waals surface area contributed by atoms with Crippen LogP contribution in [0, 0.1) is 18.8 Å². The number of carboxylic acid groups (broad SMARTS) is 2. The van der Waals surface area contributed by atoms with E-state index in [2.05, 4.69) is 21.4 Å². The highest BCUT2D eigenvalue weighted by Gasteiger charge is 2.43. The van der Waals surface area contributed by atoms with Crippen LogP contribution in [0.5, 0.6) is 0 Å². The number of aliphatic carboxylic acids is 2. The molecule has 256 valence electrons. The second kappa shape index (κ2) is 17.9. The van der Waals surface area contributed by atoms with E-state index >= 15 is 0 Å². The van der Waals surface area contributed by atoms with E-state index in [9.17, 15) is 34.2 Å². The van der Waals surface area contributed by atoms with E-state index < -0.39 is 41.6 Å². The lowest BCUT2D eigenvalue weighted by Crippen LogP contribution is -2.43. The van der Waals surface area contributed by atoms with Crippen LogP contribution in [-0.2, 0) is 20.7 Å². The highest BCUT2D eigenvalue weighted by molar-refractivity contribution is 6.31. The number of aryl methyl sites for hydroxylation is 1. The summed E-state index contributed by atoms with van der Waals surface area (Å²) in [4.78, 5) is 67.3. The van der Waals surface area contributed by atoms with Crippen LogP contribution in [0.15, 0.2) is 84.9 Å². The first-order valence-electron chi connectivity index (χ1n) is 14.8. The molecular weight excluding hydrogens is 656 g/mol. The number of rotatable bonds is 13. The first-order chi connectivity index (χ1) is 23.3. The van der Waals surface area contributed by atoms with E-state index in [4.69, 9.17) is 33.5 Å². The molecule has 0 radical (unpaired) electrons. The van der Waals surface area contributed by atoms with Crippen molar-refractivity contribution < 1.29 is 38.9 Å². The Kier molecular flexibility index (Phi) is 13.7. The number of nitrogens with one attached hydrogen (secondary N) is 1. The fourth-order valence-corrected chi connectivity index (χ4v) is 4.62. The van der Waals surface area contributed by atoms with Crippen LogP contribution >= 0.6 is 11.6 Å². The van der Waals surface area contributed by atoms with E-state index in [1.54, 1.807) is 12.1 Å². The number of carboxylic acids is 2. The second-order valence-electron chi connectivity index (χ2n) is 10.7. The summed E-state index contributed by atoms with van der Waals surface area (Å²) >= 11 is 5.79. The van der Waals surface area contributed by atoms with Crippen LogP contribution in [-0.4, -0.2) is 69.0 Å². The van der Waals surface area contributed by atoms with Crippen molar-refractivity contribution in [3.63, 3.8) is 0 Å². The number of benzene rings is 3. The van der Waals surface area contributed by atoms with Crippen molar-refractivity contribution >= 4 is 52.8 Å². The number of amides is 1. The molecule has 1 aromatic heterocycles. The van der Waals surface area contributed by atoms with E-state index in [-0.39, 0.29) is 39.5 Å². The van der Waals surface area contributed by atoms with Crippen molar-refractivity contribution in [2.24, 2.45) is 17.6 Å². The van der Waals surface area contributed by atoms with Gasteiger partial charge < -0.3 is 37.5 Å². The number of hydrogen-bond donors (Lipinski definition) is 6. The average molecular weight is 691 g/mol. The third-order valence-electron chi connectivity index (χ3n) is 7.17. The zero-order valence-corrected chi connectivity index (χ0v) is 27.0. The zero-order chi connectivity index (χ0) is 36.1. The molecule has 14 nitrogen and oxygen atoms in total. The molecule has 4 aromatic rings. The number of nitrogen functional groups attached to an aromatic ring is 2. The number of ketones is 1. The number of ether oxygens (including phenoxy) is 1. The molecule has 4 rings (SSSR count). The lowest BCUT2D eigenvalue weighted by Gasteiger charge is -2.20. The molecule has 1 heterocycles. The van der Waals surface area contributed by atoms with Crippen molar-refractivity contribution in [1.29, 1.82) is 0 Å². The van der Waals surface area contributed by atoms with Crippen molar-refractivity contribution in [2.75, 3.05) is 24.6 Å². The maximum absolute atomic E-state index is 12.4. The summed E-state index contributed by atoms with van der Waals surface area (Å²) < 4.78 is 4.82. The molecule has 0 fully saturated rings. The molecule has 0 spiro atoms. The molecule has 9 N–H and O–H groups in total. The average Bonchev–Trinajstić information content (AvgIpc) is 3.09. The van der Waals surface area contributed by atoms with E-state index in [0.29, 0.717) is 13.1 Å². The summed E-state index contributed by atoms with van der Waals surface area (Å²) in [6.07, 6.45) is -1.38. The number of carbonyl (C=O) groups excluding carboxylic acids is 3. The van der Waals surface area contributed by atoms with Crippen molar-refractivity contribution in [3.8, 4) is 0 Å². The minimum absolute atomic E-state index is 0.00916. The molecule has 0 aliphatic carbocycles. The van der Waals surface area contributed by atoms with Gasteiger partial charge in [0.25, 0.3) is 5.91 Å². The highest BCUT2D eigenvalue weighted by atomic mass is 35.5. The Morgan fingerprint density at radius 1 is 0.816 bits per heavy atom. The van der Waals surface area contributed by atoms with Crippen molar-refractivity contribution in [3.05, 3.63) is 118 Å². The number of halogens is 1. The molecule has 49 heavy (non-hydrogen) atoms. The summed E-state index contributed by atoms with van der Waals surface area (Å²) in [5.74, 6) is -7.89. The summed E-state index contributed by atoms with van der Waals surface area (Å²) in [7, 11) is 0. The number of hydrogen-bond acceptors (Lipinski definition) is 11. The number of Topliss-reactive ketones (excluding diaryl/α,β-unsaturated/α-hetero) is 1. The number of nitrogens with two attached hydrogens (primary N) is 3. The van der Waals surface area contributed by atoms with E-state index in [1.165, 1.54) is 59.7 Å². The summed E-state index contributed by atoms with van der Waals surface area (Å²) in [5, 5.41) is 21.3. The van der Waals surface area contributed by atoms with Crippen molar-refractivity contribution in [2.45, 2.75) is 19.4 Å². The van der Waals surface area contributed by atoms with Gasteiger partial charge in [-0.15, -0.1) is 0 Å². The lowest BCUT2D eigenvalue weighted by atomic mass is 9.92. The maximum Gasteiger partial charge on any atom is 0.346 e. The molecule has 3 aromatic carbocycles. The summed E-state index contributed by atoms with van der Waals surface area (Å²) in [6.45, 7) is 2.89. The van der Waals surface area contributed by atoms with Crippen LogP contribution in [0.2, 0.25) is 5.15 Å². The molecule has 3 atom stereocenters. The van der Waals surface area contributed by atoms with Gasteiger partial charge in [0.15, 0.2) is 34.2 Å². The van der Waals surface area contributed by atoms with Crippen molar-refractivity contribution in [1.82, 2.24) is 15.3 Å². The Morgan fingerprint density at radius 3 is 1.94 bits per heavy atom. The predicted octanol–water partition coefficient (Wildman–Crippen LogP) is 3.03. The molecule has 15 heteroatoms. The van der Waals surface area contributed by atoms with Gasteiger partial charge in [-0.2, -0.15) is 0 Å². The van der Waals surface area contributed by atoms with Gasteiger partial charge in [-0.05, 0) is 49.1 Å². The smallest absolute Gasteiger partial charge is 0.346 e. The van der Waals surface area contributed by atoms with Gasteiger partial charge in [-0.25, -0.2) is 19.6 Å². The monoisotopic (exact) mass is 690 g/mol. The Morgan fingerprint density at radius 2 is 1.39 bits per heavy atom. The minimum Gasteiger partial charge on any atom is -0.481 e. The van der Waals surface area contributed by atoms with Crippen LogP contribution in [0.3, 0.4) is 0 Å². The number of nitrogens with zero attached hydrogens (tertiary/aromatic N) is 2. The first kappa shape index (κ1) is 37.6. The summed E-state index contributed by atoms with van der Waals surface area (Å²) in [5.41, 5.74) is 19.4. The number of anilines is 2. The molecule has 0 aliphatic rings. The number of esters is 1. The Labute approximate surface area is 286 Å². The Hall–Kier alpha value is -5.86. The van der Waals surface area contributed by atoms with Gasteiger partial charge in [0.05, 0.1) is 5.56 Å². The Balaban J connectivity index is 0.000000266. The SMILES string of the molecule is Cc1ccccc1C[C@H](CN)CNC(=O)c1nc(Cl)c(N)nc1N.O=C(O[C@H](C(=O)O)[C@@H](C(=O)O)C(=O)c1ccccc1)c1ccccc1. The molecule has 1 amide bonds. The molecule has 0 saturated heterocycles. The quantitative estimate of drug-likeness (QED) is 0.0671. The van der Waals surface area contributed by atoms with Crippen LogP contribution in [0.1, 0.15) is 42.3 Å². The third-order valence-corrected chi connectivity index (χ3v) is 7.45. The topological polar surface area (TPSA) is 251 Å².